The summed E-state index contributed by atoms with van der Waals surface area (Å²) in [4.78, 5) is 3.53. The molecule has 0 unspecified atom stereocenters. The molecule has 2 nitrogen and oxygen atoms in total. The van der Waals surface area contributed by atoms with Gasteiger partial charge in [-0.15, -0.1) is 11.8 Å². The Hall–Kier alpha value is -0.670. The van der Waals surface area contributed by atoms with Crippen LogP contribution in [0.15, 0.2) is 29.2 Å². The van der Waals surface area contributed by atoms with Crippen molar-refractivity contribution >= 4 is 17.4 Å². The first-order valence-electron chi connectivity index (χ1n) is 5.25. The van der Waals surface area contributed by atoms with E-state index >= 15 is 0 Å². The Labute approximate surface area is 97.1 Å². The molecule has 0 atom stereocenters. The van der Waals surface area contributed by atoms with Gasteiger partial charge in [0.15, 0.2) is 0 Å². The fourth-order valence-electron chi connectivity index (χ4n) is 1.41. The largest absolute Gasteiger partial charge is 0.384 e. The van der Waals surface area contributed by atoms with Crippen LogP contribution in [0.25, 0.3) is 0 Å². The van der Waals surface area contributed by atoms with Gasteiger partial charge in [-0.05, 0) is 45.4 Å². The molecule has 0 aromatic heterocycles. The minimum Gasteiger partial charge on any atom is -0.384 e. The fourth-order valence-corrected chi connectivity index (χ4v) is 1.98. The van der Waals surface area contributed by atoms with Crippen LogP contribution in [0, 0.1) is 0 Å². The standard InChI is InChI=1S/C12H20N2S/c1-14(2)10-6-9-13-11-7-4-5-8-12(11)15-3/h4-5,7-8,13H,6,9-10H2,1-3H3. The van der Waals surface area contributed by atoms with Gasteiger partial charge in [-0.25, -0.2) is 0 Å². The second kappa shape index (κ2) is 6.75. The van der Waals surface area contributed by atoms with Crippen LogP contribution in [-0.2, 0) is 0 Å². The zero-order chi connectivity index (χ0) is 11.1. The summed E-state index contributed by atoms with van der Waals surface area (Å²) in [6, 6.07) is 8.45. The minimum absolute atomic E-state index is 1.04. The van der Waals surface area contributed by atoms with Crippen molar-refractivity contribution in [2.75, 3.05) is 38.8 Å². The van der Waals surface area contributed by atoms with Gasteiger partial charge in [0.25, 0.3) is 0 Å². The van der Waals surface area contributed by atoms with Crippen molar-refractivity contribution in [1.29, 1.82) is 0 Å². The number of nitrogens with one attached hydrogen (secondary N) is 1. The number of para-hydroxylation sites is 1. The van der Waals surface area contributed by atoms with Crippen molar-refractivity contribution in [1.82, 2.24) is 4.90 Å². The predicted octanol–water partition coefficient (Wildman–Crippen LogP) is 2.77. The molecule has 0 aliphatic rings. The van der Waals surface area contributed by atoms with Crippen LogP contribution in [0.2, 0.25) is 0 Å². The molecule has 0 fully saturated rings. The van der Waals surface area contributed by atoms with Crippen molar-refractivity contribution in [3.8, 4) is 0 Å². The lowest BCUT2D eigenvalue weighted by molar-refractivity contribution is 0.405. The number of hydrogen-bond acceptors (Lipinski definition) is 3. The van der Waals surface area contributed by atoms with Crippen LogP contribution in [0.4, 0.5) is 5.69 Å². The summed E-state index contributed by atoms with van der Waals surface area (Å²) >= 11 is 1.79. The third kappa shape index (κ3) is 4.58. The van der Waals surface area contributed by atoms with Crippen LogP contribution >= 0.6 is 11.8 Å². The van der Waals surface area contributed by atoms with Gasteiger partial charge in [-0.1, -0.05) is 12.1 Å². The molecule has 0 radical (unpaired) electrons. The van der Waals surface area contributed by atoms with E-state index in [-0.39, 0.29) is 0 Å². The van der Waals surface area contributed by atoms with E-state index in [0.717, 1.165) is 13.1 Å². The van der Waals surface area contributed by atoms with E-state index in [1.807, 2.05) is 0 Å². The van der Waals surface area contributed by atoms with Gasteiger partial charge in [0.2, 0.25) is 0 Å². The Morgan fingerprint density at radius 1 is 1.27 bits per heavy atom. The monoisotopic (exact) mass is 224 g/mol. The molecule has 1 N–H and O–H groups in total. The van der Waals surface area contributed by atoms with Gasteiger partial charge in [0, 0.05) is 17.1 Å². The average molecular weight is 224 g/mol. The second-order valence-electron chi connectivity index (χ2n) is 3.78. The zero-order valence-electron chi connectivity index (χ0n) is 9.79. The number of nitrogens with zero attached hydrogens (tertiary/aromatic N) is 1. The van der Waals surface area contributed by atoms with Crippen LogP contribution in [0.3, 0.4) is 0 Å². The van der Waals surface area contributed by atoms with Crippen molar-refractivity contribution in [3.63, 3.8) is 0 Å². The first kappa shape index (κ1) is 12.4. The highest BCUT2D eigenvalue weighted by molar-refractivity contribution is 7.98. The Balaban J connectivity index is 2.36. The molecule has 1 rings (SSSR count). The van der Waals surface area contributed by atoms with Crippen LogP contribution < -0.4 is 5.32 Å². The Bertz CT molecular complexity index is 287. The van der Waals surface area contributed by atoms with E-state index in [2.05, 4.69) is 54.8 Å². The van der Waals surface area contributed by atoms with E-state index < -0.39 is 0 Å². The molecule has 0 aliphatic heterocycles. The topological polar surface area (TPSA) is 15.3 Å². The maximum Gasteiger partial charge on any atom is 0.0478 e. The Morgan fingerprint density at radius 3 is 2.67 bits per heavy atom. The first-order chi connectivity index (χ1) is 7.24. The molecular formula is C12H20N2S. The minimum atomic E-state index is 1.04. The lowest BCUT2D eigenvalue weighted by Crippen LogP contribution is -2.16. The molecule has 1 aromatic rings. The lowest BCUT2D eigenvalue weighted by atomic mass is 10.3. The number of anilines is 1. The summed E-state index contributed by atoms with van der Waals surface area (Å²) in [5, 5.41) is 3.47. The van der Waals surface area contributed by atoms with E-state index in [9.17, 15) is 0 Å². The highest BCUT2D eigenvalue weighted by Crippen LogP contribution is 2.24. The number of thioether (sulfide) groups is 1. The Morgan fingerprint density at radius 2 is 2.00 bits per heavy atom. The summed E-state index contributed by atoms with van der Waals surface area (Å²) in [6.45, 7) is 2.17. The van der Waals surface area contributed by atoms with Gasteiger partial charge in [0.1, 0.15) is 0 Å². The third-order valence-corrected chi connectivity index (χ3v) is 3.00. The maximum atomic E-state index is 3.47. The lowest BCUT2D eigenvalue weighted by Gasteiger charge is -2.12. The van der Waals surface area contributed by atoms with Gasteiger partial charge < -0.3 is 10.2 Å². The second-order valence-corrected chi connectivity index (χ2v) is 4.63. The molecule has 0 heterocycles. The summed E-state index contributed by atoms with van der Waals surface area (Å²) in [5.41, 5.74) is 1.25. The van der Waals surface area contributed by atoms with Crippen LogP contribution in [0.1, 0.15) is 6.42 Å². The summed E-state index contributed by atoms with van der Waals surface area (Å²) in [5.74, 6) is 0. The predicted molar refractivity (Wildman–Crippen MR) is 69.9 cm³/mol. The highest BCUT2D eigenvalue weighted by Gasteiger charge is 1.98. The van der Waals surface area contributed by atoms with E-state index in [0.29, 0.717) is 0 Å². The van der Waals surface area contributed by atoms with Crippen LogP contribution in [0.5, 0.6) is 0 Å². The molecule has 0 aliphatic carbocycles. The molecule has 0 spiro atoms. The maximum absolute atomic E-state index is 3.47. The molecule has 0 saturated carbocycles. The molecule has 84 valence electrons. The summed E-state index contributed by atoms with van der Waals surface area (Å²) < 4.78 is 0. The molecule has 0 saturated heterocycles. The van der Waals surface area contributed by atoms with Crippen LogP contribution in [-0.4, -0.2) is 38.3 Å². The summed E-state index contributed by atoms with van der Waals surface area (Å²) in [6.07, 6.45) is 3.29. The van der Waals surface area contributed by atoms with Gasteiger partial charge in [0.05, 0.1) is 0 Å². The smallest absolute Gasteiger partial charge is 0.0478 e. The first-order valence-corrected chi connectivity index (χ1v) is 6.48. The van der Waals surface area contributed by atoms with E-state index in [4.69, 9.17) is 0 Å². The van der Waals surface area contributed by atoms with Gasteiger partial charge in [-0.2, -0.15) is 0 Å². The summed E-state index contributed by atoms with van der Waals surface area (Å²) in [7, 11) is 4.21. The number of hydrogen-bond donors (Lipinski definition) is 1. The zero-order valence-corrected chi connectivity index (χ0v) is 10.6. The Kier molecular flexibility index (Phi) is 5.58. The molecule has 0 amide bonds. The molecule has 15 heavy (non-hydrogen) atoms. The van der Waals surface area contributed by atoms with Gasteiger partial charge >= 0.3 is 0 Å². The molecule has 0 bridgehead atoms. The van der Waals surface area contributed by atoms with Crippen molar-refractivity contribution < 1.29 is 0 Å². The van der Waals surface area contributed by atoms with Gasteiger partial charge in [-0.3, -0.25) is 0 Å². The molecule has 3 heteroatoms. The van der Waals surface area contributed by atoms with Crippen molar-refractivity contribution in [3.05, 3.63) is 24.3 Å². The third-order valence-electron chi connectivity index (χ3n) is 2.20. The van der Waals surface area contributed by atoms with E-state index in [1.54, 1.807) is 11.8 Å². The number of benzene rings is 1. The number of rotatable bonds is 6. The molecular weight excluding hydrogens is 204 g/mol. The normalized spacial score (nSPS) is 10.7. The van der Waals surface area contributed by atoms with Crippen molar-refractivity contribution in [2.24, 2.45) is 0 Å². The SMILES string of the molecule is CSc1ccccc1NCCCN(C)C. The van der Waals surface area contributed by atoms with Crippen molar-refractivity contribution in [2.45, 2.75) is 11.3 Å². The van der Waals surface area contributed by atoms with E-state index in [1.165, 1.54) is 17.0 Å². The molecule has 1 aromatic carbocycles. The highest BCUT2D eigenvalue weighted by atomic mass is 32.2. The average Bonchev–Trinajstić information content (AvgIpc) is 2.24. The fraction of sp³-hybridized carbons (Fsp3) is 0.500. The quantitative estimate of drug-likeness (QED) is 0.591.